The normalized spacial score (nSPS) is 17.2. The van der Waals surface area contributed by atoms with Gasteiger partial charge in [-0.05, 0) is 37.1 Å². The number of rotatable bonds is 5. The van der Waals surface area contributed by atoms with Crippen LogP contribution in [0.25, 0.3) is 0 Å². The third-order valence-electron chi connectivity index (χ3n) is 4.05. The molecule has 1 atom stereocenters. The standard InChI is InChI=1S/C17H22FN3O3/c1-12(22)21-10-2-3-14(11-21)17(24)20-9-8-19-16(23)13-4-6-15(18)7-5-13/h4-7,14H,2-3,8-11H2,1H3,(H,19,23)(H,20,24)/t14-/m1/s1. The molecule has 0 aliphatic carbocycles. The second-order valence-corrected chi connectivity index (χ2v) is 5.86. The molecule has 1 aromatic carbocycles. The zero-order chi connectivity index (χ0) is 17.5. The molecule has 1 heterocycles. The van der Waals surface area contributed by atoms with Crippen LogP contribution in [0.3, 0.4) is 0 Å². The average molecular weight is 335 g/mol. The molecule has 0 saturated carbocycles. The third kappa shape index (κ3) is 5.04. The zero-order valence-electron chi connectivity index (χ0n) is 13.7. The predicted molar refractivity (Wildman–Crippen MR) is 86.7 cm³/mol. The highest BCUT2D eigenvalue weighted by Crippen LogP contribution is 2.16. The molecule has 1 fully saturated rings. The Bertz CT molecular complexity index is 604. The van der Waals surface area contributed by atoms with E-state index in [1.165, 1.54) is 31.2 Å². The number of benzene rings is 1. The molecule has 1 aromatic rings. The Labute approximate surface area is 140 Å². The smallest absolute Gasteiger partial charge is 0.251 e. The van der Waals surface area contributed by atoms with Crippen LogP contribution in [0.5, 0.6) is 0 Å². The first-order chi connectivity index (χ1) is 11.5. The average Bonchev–Trinajstić information content (AvgIpc) is 2.59. The van der Waals surface area contributed by atoms with Crippen LogP contribution < -0.4 is 10.6 Å². The molecule has 7 heteroatoms. The number of hydrogen-bond donors (Lipinski definition) is 2. The molecule has 1 aliphatic heterocycles. The maximum atomic E-state index is 12.8. The number of piperidine rings is 1. The maximum Gasteiger partial charge on any atom is 0.251 e. The molecule has 2 rings (SSSR count). The Hall–Kier alpha value is -2.44. The number of nitrogens with zero attached hydrogens (tertiary/aromatic N) is 1. The lowest BCUT2D eigenvalue weighted by atomic mass is 9.97. The van der Waals surface area contributed by atoms with E-state index in [2.05, 4.69) is 10.6 Å². The number of carbonyl (C=O) groups excluding carboxylic acids is 3. The van der Waals surface area contributed by atoms with Crippen LogP contribution in [0.2, 0.25) is 0 Å². The molecule has 0 bridgehead atoms. The molecule has 1 saturated heterocycles. The first-order valence-corrected chi connectivity index (χ1v) is 8.04. The van der Waals surface area contributed by atoms with E-state index in [0.717, 1.165) is 12.8 Å². The minimum atomic E-state index is -0.397. The molecule has 1 aliphatic rings. The van der Waals surface area contributed by atoms with Gasteiger partial charge in [-0.3, -0.25) is 14.4 Å². The van der Waals surface area contributed by atoms with Gasteiger partial charge in [-0.2, -0.15) is 0 Å². The van der Waals surface area contributed by atoms with Gasteiger partial charge in [0.2, 0.25) is 11.8 Å². The Morgan fingerprint density at radius 2 is 1.83 bits per heavy atom. The molecular formula is C17H22FN3O3. The lowest BCUT2D eigenvalue weighted by Crippen LogP contribution is -2.46. The third-order valence-corrected chi connectivity index (χ3v) is 4.05. The fourth-order valence-corrected chi connectivity index (χ4v) is 2.69. The van der Waals surface area contributed by atoms with Gasteiger partial charge in [0.05, 0.1) is 5.92 Å². The molecule has 130 valence electrons. The van der Waals surface area contributed by atoms with Gasteiger partial charge >= 0.3 is 0 Å². The second-order valence-electron chi connectivity index (χ2n) is 5.86. The van der Waals surface area contributed by atoms with Crippen molar-refractivity contribution in [2.75, 3.05) is 26.2 Å². The highest BCUT2D eigenvalue weighted by molar-refractivity contribution is 5.94. The molecule has 24 heavy (non-hydrogen) atoms. The summed E-state index contributed by atoms with van der Waals surface area (Å²) in [6.45, 7) is 3.24. The van der Waals surface area contributed by atoms with Crippen molar-refractivity contribution in [1.29, 1.82) is 0 Å². The summed E-state index contributed by atoms with van der Waals surface area (Å²) >= 11 is 0. The van der Waals surface area contributed by atoms with Crippen molar-refractivity contribution >= 4 is 17.7 Å². The molecule has 0 aromatic heterocycles. The van der Waals surface area contributed by atoms with E-state index in [4.69, 9.17) is 0 Å². The Morgan fingerprint density at radius 3 is 2.50 bits per heavy atom. The van der Waals surface area contributed by atoms with Crippen LogP contribution in [-0.2, 0) is 9.59 Å². The van der Waals surface area contributed by atoms with E-state index in [-0.39, 0.29) is 30.2 Å². The SMILES string of the molecule is CC(=O)N1CCC[C@@H](C(=O)NCCNC(=O)c2ccc(F)cc2)C1. The van der Waals surface area contributed by atoms with E-state index in [1.54, 1.807) is 4.90 Å². The molecule has 6 nitrogen and oxygen atoms in total. The van der Waals surface area contributed by atoms with Crippen molar-refractivity contribution in [2.45, 2.75) is 19.8 Å². The summed E-state index contributed by atoms with van der Waals surface area (Å²) in [6.07, 6.45) is 1.58. The fraction of sp³-hybridized carbons (Fsp3) is 0.471. The number of amides is 3. The Kier molecular flexibility index (Phi) is 6.28. The zero-order valence-corrected chi connectivity index (χ0v) is 13.7. The number of halogens is 1. The van der Waals surface area contributed by atoms with Crippen molar-refractivity contribution in [1.82, 2.24) is 15.5 Å². The van der Waals surface area contributed by atoms with Gasteiger partial charge in [-0.25, -0.2) is 4.39 Å². The van der Waals surface area contributed by atoms with Crippen molar-refractivity contribution in [3.8, 4) is 0 Å². The van der Waals surface area contributed by atoms with Gasteiger partial charge in [0.15, 0.2) is 0 Å². The van der Waals surface area contributed by atoms with Gasteiger partial charge in [-0.15, -0.1) is 0 Å². The van der Waals surface area contributed by atoms with Crippen LogP contribution in [-0.4, -0.2) is 48.8 Å². The molecule has 0 spiro atoms. The molecule has 0 radical (unpaired) electrons. The van der Waals surface area contributed by atoms with Crippen LogP contribution in [0.1, 0.15) is 30.1 Å². The second kappa shape index (κ2) is 8.42. The first-order valence-electron chi connectivity index (χ1n) is 8.04. The number of hydrogen-bond acceptors (Lipinski definition) is 3. The van der Waals surface area contributed by atoms with Gasteiger partial charge in [-0.1, -0.05) is 0 Å². The summed E-state index contributed by atoms with van der Waals surface area (Å²) in [5.41, 5.74) is 0.368. The number of nitrogens with one attached hydrogen (secondary N) is 2. The summed E-state index contributed by atoms with van der Waals surface area (Å²) in [7, 11) is 0. The van der Waals surface area contributed by atoms with E-state index in [9.17, 15) is 18.8 Å². The van der Waals surface area contributed by atoms with Crippen molar-refractivity contribution < 1.29 is 18.8 Å². The topological polar surface area (TPSA) is 78.5 Å². The van der Waals surface area contributed by atoms with Gasteiger partial charge in [0.25, 0.3) is 5.91 Å². The predicted octanol–water partition coefficient (Wildman–Crippen LogP) is 0.930. The van der Waals surface area contributed by atoms with Crippen molar-refractivity contribution in [3.05, 3.63) is 35.6 Å². The highest BCUT2D eigenvalue weighted by atomic mass is 19.1. The lowest BCUT2D eigenvalue weighted by Gasteiger charge is -2.31. The van der Waals surface area contributed by atoms with E-state index < -0.39 is 5.82 Å². The minimum Gasteiger partial charge on any atom is -0.354 e. The quantitative estimate of drug-likeness (QED) is 0.786. The highest BCUT2D eigenvalue weighted by Gasteiger charge is 2.26. The number of carbonyl (C=O) groups is 3. The van der Waals surface area contributed by atoms with Crippen LogP contribution in [0.4, 0.5) is 4.39 Å². The van der Waals surface area contributed by atoms with Crippen molar-refractivity contribution in [2.24, 2.45) is 5.92 Å². The monoisotopic (exact) mass is 335 g/mol. The van der Waals surface area contributed by atoms with Crippen molar-refractivity contribution in [3.63, 3.8) is 0 Å². The summed E-state index contributed by atoms with van der Waals surface area (Å²) in [6, 6.07) is 5.25. The van der Waals surface area contributed by atoms with E-state index in [0.29, 0.717) is 25.2 Å². The fourth-order valence-electron chi connectivity index (χ4n) is 2.69. The Balaban J connectivity index is 1.70. The summed E-state index contributed by atoms with van der Waals surface area (Å²) in [5, 5.41) is 5.44. The van der Waals surface area contributed by atoms with Crippen LogP contribution in [0, 0.1) is 11.7 Å². The summed E-state index contributed by atoms with van der Waals surface area (Å²) in [5.74, 6) is -1.03. The molecule has 0 unspecified atom stereocenters. The number of likely N-dealkylation sites (tertiary alicyclic amines) is 1. The van der Waals surface area contributed by atoms with Gasteiger partial charge in [0.1, 0.15) is 5.82 Å². The molecular weight excluding hydrogens is 313 g/mol. The van der Waals surface area contributed by atoms with Gasteiger partial charge < -0.3 is 15.5 Å². The summed E-state index contributed by atoms with van der Waals surface area (Å²) in [4.78, 5) is 37.0. The molecule has 3 amide bonds. The maximum absolute atomic E-state index is 12.8. The first kappa shape index (κ1) is 17.9. The van der Waals surface area contributed by atoms with E-state index in [1.807, 2.05) is 0 Å². The van der Waals surface area contributed by atoms with Crippen LogP contribution in [0.15, 0.2) is 24.3 Å². The van der Waals surface area contributed by atoms with Crippen LogP contribution >= 0.6 is 0 Å². The largest absolute Gasteiger partial charge is 0.354 e. The lowest BCUT2D eigenvalue weighted by molar-refractivity contribution is -0.133. The minimum absolute atomic E-state index is 0.0148. The summed E-state index contributed by atoms with van der Waals surface area (Å²) < 4.78 is 12.8. The molecule has 2 N–H and O–H groups in total. The Morgan fingerprint density at radius 1 is 1.17 bits per heavy atom. The van der Waals surface area contributed by atoms with Gasteiger partial charge in [0, 0.05) is 38.7 Å². The van der Waals surface area contributed by atoms with E-state index >= 15 is 0 Å².